The summed E-state index contributed by atoms with van der Waals surface area (Å²) in [5, 5.41) is 2.93. The van der Waals surface area contributed by atoms with E-state index in [2.05, 4.69) is 16.3 Å². The second-order valence-corrected chi connectivity index (χ2v) is 5.73. The quantitative estimate of drug-likeness (QED) is 0.859. The Kier molecular flexibility index (Phi) is 5.33. The molecule has 1 saturated heterocycles. The first-order valence-electron chi connectivity index (χ1n) is 8.15. The van der Waals surface area contributed by atoms with Crippen LogP contribution in [0.1, 0.15) is 17.1 Å². The van der Waals surface area contributed by atoms with Gasteiger partial charge < -0.3 is 19.4 Å². The van der Waals surface area contributed by atoms with Crippen LogP contribution in [0.15, 0.2) is 46.9 Å². The van der Waals surface area contributed by atoms with Crippen LogP contribution in [-0.2, 0) is 16.1 Å². The van der Waals surface area contributed by atoms with Gasteiger partial charge in [-0.25, -0.2) is 0 Å². The molecule has 0 unspecified atom stereocenters. The summed E-state index contributed by atoms with van der Waals surface area (Å²) in [6, 6.07) is 11.9. The fourth-order valence-electron chi connectivity index (χ4n) is 2.72. The number of amides is 1. The maximum atomic E-state index is 12.0. The maximum absolute atomic E-state index is 12.0. The summed E-state index contributed by atoms with van der Waals surface area (Å²) in [4.78, 5) is 14.3. The van der Waals surface area contributed by atoms with E-state index in [1.807, 2.05) is 37.3 Å². The number of furan rings is 1. The lowest BCUT2D eigenvalue weighted by molar-refractivity contribution is -0.116. The van der Waals surface area contributed by atoms with Crippen LogP contribution in [0.5, 0.6) is 0 Å². The molecule has 3 rings (SSSR count). The summed E-state index contributed by atoms with van der Waals surface area (Å²) in [7, 11) is 0. The van der Waals surface area contributed by atoms with Crippen molar-refractivity contribution in [3.05, 3.63) is 59.6 Å². The third kappa shape index (κ3) is 4.26. The first-order chi connectivity index (χ1) is 11.7. The van der Waals surface area contributed by atoms with Gasteiger partial charge in [0.2, 0.25) is 5.91 Å². The SMILES string of the molecule is Cc1ccc(/C=C/C(=O)NCc2ccccc2N2CCOCC2)o1. The zero-order chi connectivity index (χ0) is 16.8. The number of rotatable bonds is 5. The minimum Gasteiger partial charge on any atom is -0.462 e. The number of ether oxygens (including phenoxy) is 1. The van der Waals surface area contributed by atoms with Crippen molar-refractivity contribution in [1.29, 1.82) is 0 Å². The molecule has 0 saturated carbocycles. The van der Waals surface area contributed by atoms with Gasteiger partial charge in [-0.1, -0.05) is 18.2 Å². The number of nitrogens with zero attached hydrogens (tertiary/aromatic N) is 1. The summed E-state index contributed by atoms with van der Waals surface area (Å²) in [5.41, 5.74) is 2.27. The molecule has 1 N–H and O–H groups in total. The Morgan fingerprint density at radius 1 is 1.21 bits per heavy atom. The molecule has 5 nitrogen and oxygen atoms in total. The molecule has 0 atom stereocenters. The first kappa shape index (κ1) is 16.3. The number of nitrogens with one attached hydrogen (secondary N) is 1. The Bertz CT molecular complexity index is 715. The minimum absolute atomic E-state index is 0.138. The Balaban J connectivity index is 1.60. The van der Waals surface area contributed by atoms with Gasteiger partial charge in [-0.2, -0.15) is 0 Å². The van der Waals surface area contributed by atoms with Crippen LogP contribution in [0.3, 0.4) is 0 Å². The van der Waals surface area contributed by atoms with Crippen LogP contribution in [0, 0.1) is 6.92 Å². The number of aryl methyl sites for hydroxylation is 1. The molecule has 1 aromatic carbocycles. The largest absolute Gasteiger partial charge is 0.462 e. The molecule has 24 heavy (non-hydrogen) atoms. The van der Waals surface area contributed by atoms with Gasteiger partial charge in [0.05, 0.1) is 13.2 Å². The predicted octanol–water partition coefficient (Wildman–Crippen LogP) is 2.75. The lowest BCUT2D eigenvalue weighted by atomic mass is 10.1. The second kappa shape index (κ2) is 7.84. The van der Waals surface area contributed by atoms with Crippen molar-refractivity contribution in [3.63, 3.8) is 0 Å². The Morgan fingerprint density at radius 3 is 2.75 bits per heavy atom. The van der Waals surface area contributed by atoms with Crippen molar-refractivity contribution in [2.75, 3.05) is 31.2 Å². The first-order valence-corrected chi connectivity index (χ1v) is 8.15. The van der Waals surface area contributed by atoms with Gasteiger partial charge >= 0.3 is 0 Å². The smallest absolute Gasteiger partial charge is 0.244 e. The molecule has 126 valence electrons. The number of benzene rings is 1. The van der Waals surface area contributed by atoms with Gasteiger partial charge in [-0.15, -0.1) is 0 Å². The highest BCUT2D eigenvalue weighted by Crippen LogP contribution is 2.21. The van der Waals surface area contributed by atoms with Gasteiger partial charge in [0.25, 0.3) is 0 Å². The molecule has 0 aliphatic carbocycles. The standard InChI is InChI=1S/C19H22N2O3/c1-15-6-7-17(24-15)8-9-19(22)20-14-16-4-2-3-5-18(16)21-10-12-23-13-11-21/h2-9H,10-14H2,1H3,(H,20,22)/b9-8+. The molecule has 0 radical (unpaired) electrons. The maximum Gasteiger partial charge on any atom is 0.244 e. The molecular formula is C19H22N2O3. The molecule has 2 heterocycles. The third-order valence-electron chi connectivity index (χ3n) is 3.96. The molecule has 1 aliphatic rings. The number of hydrogen-bond donors (Lipinski definition) is 1. The average Bonchev–Trinajstić information content (AvgIpc) is 3.04. The van der Waals surface area contributed by atoms with Crippen LogP contribution in [-0.4, -0.2) is 32.2 Å². The molecule has 5 heteroatoms. The van der Waals surface area contributed by atoms with Crippen molar-refractivity contribution in [3.8, 4) is 0 Å². The highest BCUT2D eigenvalue weighted by Gasteiger charge is 2.14. The fourth-order valence-corrected chi connectivity index (χ4v) is 2.72. The summed E-state index contributed by atoms with van der Waals surface area (Å²) in [6.07, 6.45) is 3.17. The highest BCUT2D eigenvalue weighted by molar-refractivity contribution is 5.91. The number of hydrogen-bond acceptors (Lipinski definition) is 4. The lowest BCUT2D eigenvalue weighted by Gasteiger charge is -2.30. The monoisotopic (exact) mass is 326 g/mol. The molecule has 0 spiro atoms. The van der Waals surface area contributed by atoms with Crippen molar-refractivity contribution in [2.45, 2.75) is 13.5 Å². The van der Waals surface area contributed by atoms with E-state index in [0.29, 0.717) is 12.3 Å². The molecule has 1 amide bonds. The molecule has 2 aromatic rings. The summed E-state index contributed by atoms with van der Waals surface area (Å²) in [5.74, 6) is 1.37. The van der Waals surface area contributed by atoms with E-state index >= 15 is 0 Å². The molecule has 0 bridgehead atoms. The summed E-state index contributed by atoms with van der Waals surface area (Å²) in [6.45, 7) is 5.61. The van der Waals surface area contributed by atoms with Gasteiger partial charge in [0.15, 0.2) is 0 Å². The molecule has 1 aromatic heterocycles. The number of morpholine rings is 1. The number of anilines is 1. The van der Waals surface area contributed by atoms with Crippen molar-refractivity contribution in [2.24, 2.45) is 0 Å². The summed E-state index contributed by atoms with van der Waals surface area (Å²) < 4.78 is 10.8. The number of para-hydroxylation sites is 1. The molecule has 1 fully saturated rings. The third-order valence-corrected chi connectivity index (χ3v) is 3.96. The van der Waals surface area contributed by atoms with Crippen LogP contribution in [0.4, 0.5) is 5.69 Å². The number of carbonyl (C=O) groups is 1. The minimum atomic E-state index is -0.138. The lowest BCUT2D eigenvalue weighted by Crippen LogP contribution is -2.37. The fraction of sp³-hybridized carbons (Fsp3) is 0.316. The molecule has 1 aliphatic heterocycles. The zero-order valence-corrected chi connectivity index (χ0v) is 13.8. The van der Waals surface area contributed by atoms with Gasteiger partial charge in [-0.3, -0.25) is 4.79 Å². The van der Waals surface area contributed by atoms with Crippen LogP contribution < -0.4 is 10.2 Å². The van der Waals surface area contributed by atoms with Gasteiger partial charge in [-0.05, 0) is 36.8 Å². The zero-order valence-electron chi connectivity index (χ0n) is 13.8. The summed E-state index contributed by atoms with van der Waals surface area (Å²) >= 11 is 0. The van der Waals surface area contributed by atoms with E-state index in [9.17, 15) is 4.79 Å². The average molecular weight is 326 g/mol. The topological polar surface area (TPSA) is 54.7 Å². The van der Waals surface area contributed by atoms with E-state index in [1.165, 1.54) is 6.08 Å². The van der Waals surface area contributed by atoms with E-state index in [-0.39, 0.29) is 5.91 Å². The highest BCUT2D eigenvalue weighted by atomic mass is 16.5. The molecular weight excluding hydrogens is 304 g/mol. The van der Waals surface area contributed by atoms with Crippen molar-refractivity contribution >= 4 is 17.7 Å². The van der Waals surface area contributed by atoms with E-state index < -0.39 is 0 Å². The predicted molar refractivity (Wildman–Crippen MR) is 93.8 cm³/mol. The second-order valence-electron chi connectivity index (χ2n) is 5.73. The van der Waals surface area contributed by atoms with Gasteiger partial charge in [0, 0.05) is 31.4 Å². The van der Waals surface area contributed by atoms with Crippen molar-refractivity contribution < 1.29 is 13.9 Å². The van der Waals surface area contributed by atoms with Gasteiger partial charge in [0.1, 0.15) is 11.5 Å². The number of carbonyl (C=O) groups excluding carboxylic acids is 1. The Hall–Kier alpha value is -2.53. The van der Waals surface area contributed by atoms with Crippen LogP contribution in [0.25, 0.3) is 6.08 Å². The van der Waals surface area contributed by atoms with Crippen LogP contribution >= 0.6 is 0 Å². The van der Waals surface area contributed by atoms with E-state index in [0.717, 1.165) is 43.3 Å². The van der Waals surface area contributed by atoms with Crippen LogP contribution in [0.2, 0.25) is 0 Å². The normalized spacial score (nSPS) is 15.0. The van der Waals surface area contributed by atoms with E-state index in [1.54, 1.807) is 6.08 Å². The van der Waals surface area contributed by atoms with Crippen molar-refractivity contribution in [1.82, 2.24) is 5.32 Å². The Morgan fingerprint density at radius 2 is 2.00 bits per heavy atom. The Labute approximate surface area is 141 Å². The van der Waals surface area contributed by atoms with E-state index in [4.69, 9.17) is 9.15 Å².